The monoisotopic (exact) mass is 301 g/mol. The fraction of sp³-hybridized carbons (Fsp3) is 0.412. The van der Waals surface area contributed by atoms with E-state index in [1.54, 1.807) is 13.2 Å². The molecule has 0 aliphatic carbocycles. The Kier molecular flexibility index (Phi) is 5.46. The second-order valence-electron chi connectivity index (χ2n) is 5.61. The third-order valence-corrected chi connectivity index (χ3v) is 3.68. The average Bonchev–Trinajstić information content (AvgIpc) is 2.53. The molecule has 1 heterocycles. The van der Waals surface area contributed by atoms with Gasteiger partial charge in [-0.1, -0.05) is 38.1 Å². The van der Waals surface area contributed by atoms with Gasteiger partial charge in [0.25, 0.3) is 5.56 Å². The summed E-state index contributed by atoms with van der Waals surface area (Å²) in [5.74, 6) is 0.486. The molecule has 0 radical (unpaired) electrons. The predicted molar refractivity (Wildman–Crippen MR) is 86.9 cm³/mol. The van der Waals surface area contributed by atoms with Crippen molar-refractivity contribution in [3.8, 4) is 0 Å². The van der Waals surface area contributed by atoms with Gasteiger partial charge in [0.05, 0.1) is 24.9 Å². The molecule has 0 spiro atoms. The van der Waals surface area contributed by atoms with Gasteiger partial charge in [-0.25, -0.2) is 4.68 Å². The van der Waals surface area contributed by atoms with E-state index in [0.29, 0.717) is 24.8 Å². The minimum absolute atomic E-state index is 0.150. The van der Waals surface area contributed by atoms with Crippen molar-refractivity contribution in [1.29, 1.82) is 0 Å². The average molecular weight is 301 g/mol. The summed E-state index contributed by atoms with van der Waals surface area (Å²) in [5, 5.41) is 4.34. The van der Waals surface area contributed by atoms with Crippen LogP contribution in [0.25, 0.3) is 0 Å². The topological polar surface area (TPSA) is 70.1 Å². The van der Waals surface area contributed by atoms with E-state index < -0.39 is 0 Å². The molecular weight excluding hydrogens is 278 g/mol. The standard InChI is InChI=1S/C17H23N3O2/c1-12(2)13-4-6-14(7-5-13)17(18)15-8-9-16(21)20(19-15)10-11-22-3/h4-9,12,17H,10-11,18H2,1-3H3. The highest BCUT2D eigenvalue weighted by molar-refractivity contribution is 5.30. The van der Waals surface area contributed by atoms with Gasteiger partial charge in [0.15, 0.2) is 0 Å². The predicted octanol–water partition coefficient (Wildman–Crippen LogP) is 2.06. The Labute approximate surface area is 130 Å². The Morgan fingerprint density at radius 1 is 1.14 bits per heavy atom. The molecule has 2 aromatic rings. The van der Waals surface area contributed by atoms with Crippen molar-refractivity contribution in [2.75, 3.05) is 13.7 Å². The fourth-order valence-electron chi connectivity index (χ4n) is 2.23. The summed E-state index contributed by atoms with van der Waals surface area (Å²) in [6, 6.07) is 11.0. The van der Waals surface area contributed by atoms with Crippen molar-refractivity contribution in [1.82, 2.24) is 9.78 Å². The second-order valence-corrected chi connectivity index (χ2v) is 5.61. The second kappa shape index (κ2) is 7.33. The highest BCUT2D eigenvalue weighted by Gasteiger charge is 2.12. The van der Waals surface area contributed by atoms with E-state index in [0.717, 1.165) is 5.56 Å². The first-order valence-corrected chi connectivity index (χ1v) is 7.45. The van der Waals surface area contributed by atoms with Gasteiger partial charge in [0.1, 0.15) is 0 Å². The molecule has 0 saturated heterocycles. The summed E-state index contributed by atoms with van der Waals surface area (Å²) in [6.45, 7) is 5.17. The van der Waals surface area contributed by atoms with E-state index in [1.165, 1.54) is 16.3 Å². The summed E-state index contributed by atoms with van der Waals surface area (Å²) in [6.07, 6.45) is 0. The number of nitrogens with two attached hydrogens (primary N) is 1. The minimum Gasteiger partial charge on any atom is -0.383 e. The van der Waals surface area contributed by atoms with Gasteiger partial charge >= 0.3 is 0 Å². The molecule has 0 aliphatic rings. The van der Waals surface area contributed by atoms with Gasteiger partial charge in [0, 0.05) is 13.2 Å². The van der Waals surface area contributed by atoms with Crippen molar-refractivity contribution >= 4 is 0 Å². The van der Waals surface area contributed by atoms with Crippen molar-refractivity contribution in [2.45, 2.75) is 32.4 Å². The maximum Gasteiger partial charge on any atom is 0.266 e. The van der Waals surface area contributed by atoms with Gasteiger partial charge < -0.3 is 10.5 Å². The van der Waals surface area contributed by atoms with Crippen LogP contribution in [0.4, 0.5) is 0 Å². The number of benzene rings is 1. The quantitative estimate of drug-likeness (QED) is 0.886. The number of hydrogen-bond acceptors (Lipinski definition) is 4. The lowest BCUT2D eigenvalue weighted by atomic mass is 9.98. The van der Waals surface area contributed by atoms with Gasteiger partial charge in [-0.2, -0.15) is 5.10 Å². The molecule has 0 bridgehead atoms. The molecule has 1 aromatic heterocycles. The van der Waals surface area contributed by atoms with Gasteiger partial charge in [-0.05, 0) is 23.1 Å². The number of nitrogens with zero attached hydrogens (tertiary/aromatic N) is 2. The van der Waals surface area contributed by atoms with Crippen LogP contribution >= 0.6 is 0 Å². The lowest BCUT2D eigenvalue weighted by Crippen LogP contribution is -2.27. The van der Waals surface area contributed by atoms with Crippen molar-refractivity contribution in [2.24, 2.45) is 5.73 Å². The van der Waals surface area contributed by atoms with Crippen LogP contribution < -0.4 is 11.3 Å². The van der Waals surface area contributed by atoms with Crippen LogP contribution in [0, 0.1) is 0 Å². The molecule has 0 fully saturated rings. The first kappa shape index (κ1) is 16.4. The van der Waals surface area contributed by atoms with E-state index in [1.807, 2.05) is 12.1 Å². The van der Waals surface area contributed by atoms with Gasteiger partial charge in [0.2, 0.25) is 0 Å². The van der Waals surface area contributed by atoms with Crippen LogP contribution in [0.5, 0.6) is 0 Å². The van der Waals surface area contributed by atoms with E-state index in [2.05, 4.69) is 31.1 Å². The lowest BCUT2D eigenvalue weighted by Gasteiger charge is -2.14. The summed E-state index contributed by atoms with van der Waals surface area (Å²) in [5.41, 5.74) is 9.06. The molecule has 5 heteroatoms. The number of methoxy groups -OCH3 is 1. The molecule has 2 N–H and O–H groups in total. The normalized spacial score (nSPS) is 12.6. The molecule has 22 heavy (non-hydrogen) atoms. The van der Waals surface area contributed by atoms with E-state index in [9.17, 15) is 4.79 Å². The van der Waals surface area contributed by atoms with Crippen LogP contribution in [-0.2, 0) is 11.3 Å². The van der Waals surface area contributed by atoms with Crippen molar-refractivity contribution < 1.29 is 4.74 Å². The van der Waals surface area contributed by atoms with Gasteiger partial charge in [-0.15, -0.1) is 0 Å². The van der Waals surface area contributed by atoms with Crippen molar-refractivity contribution in [3.05, 3.63) is 63.6 Å². The Morgan fingerprint density at radius 2 is 1.77 bits per heavy atom. The molecule has 1 aromatic carbocycles. The Balaban J connectivity index is 2.24. The molecular formula is C17H23N3O2. The first-order valence-electron chi connectivity index (χ1n) is 7.45. The van der Waals surface area contributed by atoms with E-state index in [4.69, 9.17) is 10.5 Å². The summed E-state index contributed by atoms with van der Waals surface area (Å²) in [4.78, 5) is 11.8. The molecule has 1 atom stereocenters. The molecule has 0 saturated carbocycles. The smallest absolute Gasteiger partial charge is 0.266 e. The minimum atomic E-state index is -0.351. The lowest BCUT2D eigenvalue weighted by molar-refractivity contribution is 0.181. The number of hydrogen-bond donors (Lipinski definition) is 1. The maximum absolute atomic E-state index is 11.8. The zero-order valence-electron chi connectivity index (χ0n) is 13.3. The van der Waals surface area contributed by atoms with Crippen LogP contribution in [0.1, 0.15) is 42.6 Å². The fourth-order valence-corrected chi connectivity index (χ4v) is 2.23. The molecule has 5 nitrogen and oxygen atoms in total. The summed E-state index contributed by atoms with van der Waals surface area (Å²) < 4.78 is 6.38. The molecule has 0 amide bonds. The van der Waals surface area contributed by atoms with E-state index >= 15 is 0 Å². The molecule has 118 valence electrons. The largest absolute Gasteiger partial charge is 0.383 e. The molecule has 1 unspecified atom stereocenters. The third kappa shape index (κ3) is 3.81. The SMILES string of the molecule is COCCn1nc(C(N)c2ccc(C(C)C)cc2)ccc1=O. The highest BCUT2D eigenvalue weighted by Crippen LogP contribution is 2.20. The Morgan fingerprint density at radius 3 is 2.36 bits per heavy atom. The van der Waals surface area contributed by atoms with Crippen LogP contribution in [-0.4, -0.2) is 23.5 Å². The number of aromatic nitrogens is 2. The molecule has 0 aliphatic heterocycles. The Hall–Kier alpha value is -1.98. The highest BCUT2D eigenvalue weighted by atomic mass is 16.5. The Bertz CT molecular complexity index is 662. The zero-order chi connectivity index (χ0) is 16.1. The number of rotatable bonds is 6. The number of ether oxygens (including phenoxy) is 1. The van der Waals surface area contributed by atoms with Gasteiger partial charge in [-0.3, -0.25) is 4.79 Å². The van der Waals surface area contributed by atoms with Crippen molar-refractivity contribution in [3.63, 3.8) is 0 Å². The van der Waals surface area contributed by atoms with Crippen LogP contribution in [0.3, 0.4) is 0 Å². The third-order valence-electron chi connectivity index (χ3n) is 3.68. The maximum atomic E-state index is 11.8. The summed E-state index contributed by atoms with van der Waals surface area (Å²) >= 11 is 0. The zero-order valence-corrected chi connectivity index (χ0v) is 13.3. The summed E-state index contributed by atoms with van der Waals surface area (Å²) in [7, 11) is 1.59. The molecule has 2 rings (SSSR count). The van der Waals surface area contributed by atoms with Crippen LogP contribution in [0.2, 0.25) is 0 Å². The van der Waals surface area contributed by atoms with Crippen LogP contribution in [0.15, 0.2) is 41.2 Å². The van der Waals surface area contributed by atoms with E-state index in [-0.39, 0.29) is 11.6 Å². The first-order chi connectivity index (χ1) is 10.5.